The highest BCUT2D eigenvalue weighted by molar-refractivity contribution is 14.0. The van der Waals surface area contributed by atoms with Gasteiger partial charge in [0.2, 0.25) is 5.91 Å². The number of primary amides is 1. The van der Waals surface area contributed by atoms with Crippen LogP contribution in [0.3, 0.4) is 0 Å². The number of aliphatic imine (C=N–C) groups is 1. The van der Waals surface area contributed by atoms with Crippen molar-refractivity contribution >= 4 is 47.4 Å². The molecule has 0 aliphatic carbocycles. The van der Waals surface area contributed by atoms with Gasteiger partial charge in [-0.2, -0.15) is 0 Å². The molecule has 2 rings (SSSR count). The van der Waals surface area contributed by atoms with Crippen molar-refractivity contribution in [2.75, 3.05) is 39.8 Å². The molecule has 6 nitrogen and oxygen atoms in total. The highest BCUT2D eigenvalue weighted by Crippen LogP contribution is 2.16. The first-order valence-electron chi connectivity index (χ1n) is 9.29. The number of carbonyl (C=O) groups excluding carboxylic acids is 1. The molecule has 8 heteroatoms. The van der Waals surface area contributed by atoms with Crippen molar-refractivity contribution in [3.63, 3.8) is 0 Å². The number of nitrogens with two attached hydrogens (primary N) is 1. The Morgan fingerprint density at radius 1 is 1.33 bits per heavy atom. The smallest absolute Gasteiger partial charge is 0.221 e. The molecule has 0 radical (unpaired) electrons. The molecule has 1 aromatic carbocycles. The maximum absolute atomic E-state index is 11.3. The number of piperidine rings is 1. The molecule has 1 aromatic rings. The molecule has 0 aromatic heterocycles. The molecule has 1 amide bonds. The SMILES string of the molecule is CN=C(NCCCN1CCCC(C(N)=O)C1)NCCc1ccccc1Cl.I. The fourth-order valence-electron chi connectivity index (χ4n) is 3.24. The first kappa shape index (κ1) is 24.0. The lowest BCUT2D eigenvalue weighted by Crippen LogP contribution is -2.43. The normalized spacial score (nSPS) is 17.9. The second-order valence-corrected chi connectivity index (χ2v) is 7.07. The molecule has 1 atom stereocenters. The third kappa shape index (κ3) is 8.66. The van der Waals surface area contributed by atoms with E-state index in [1.807, 2.05) is 24.3 Å². The van der Waals surface area contributed by atoms with Gasteiger partial charge in [-0.25, -0.2) is 0 Å². The van der Waals surface area contributed by atoms with Crippen LogP contribution in [0.4, 0.5) is 0 Å². The second-order valence-electron chi connectivity index (χ2n) is 6.66. The van der Waals surface area contributed by atoms with Gasteiger partial charge in [-0.05, 0) is 50.4 Å². The van der Waals surface area contributed by atoms with E-state index >= 15 is 0 Å². The van der Waals surface area contributed by atoms with Gasteiger partial charge in [0.1, 0.15) is 0 Å². The van der Waals surface area contributed by atoms with E-state index in [0.717, 1.165) is 75.0 Å². The maximum Gasteiger partial charge on any atom is 0.221 e. The number of guanidine groups is 1. The van der Waals surface area contributed by atoms with Crippen LogP contribution in [-0.4, -0.2) is 56.5 Å². The molecule has 0 spiro atoms. The van der Waals surface area contributed by atoms with Crippen molar-refractivity contribution in [2.45, 2.75) is 25.7 Å². The Kier molecular flexibility index (Phi) is 11.7. The summed E-state index contributed by atoms with van der Waals surface area (Å²) in [6.45, 7) is 4.42. The molecule has 1 aliphatic heterocycles. The van der Waals surface area contributed by atoms with Crippen LogP contribution in [-0.2, 0) is 11.2 Å². The van der Waals surface area contributed by atoms with Gasteiger partial charge in [0, 0.05) is 31.7 Å². The van der Waals surface area contributed by atoms with E-state index in [0.29, 0.717) is 0 Å². The van der Waals surface area contributed by atoms with Gasteiger partial charge >= 0.3 is 0 Å². The van der Waals surface area contributed by atoms with Crippen LogP contribution in [0.25, 0.3) is 0 Å². The Morgan fingerprint density at radius 3 is 2.78 bits per heavy atom. The third-order valence-corrected chi connectivity index (χ3v) is 5.09. The quantitative estimate of drug-likeness (QED) is 0.218. The van der Waals surface area contributed by atoms with Gasteiger partial charge in [-0.3, -0.25) is 9.79 Å². The summed E-state index contributed by atoms with van der Waals surface area (Å²) in [6.07, 6.45) is 3.82. The van der Waals surface area contributed by atoms with Gasteiger partial charge in [0.15, 0.2) is 5.96 Å². The molecule has 152 valence electrons. The summed E-state index contributed by atoms with van der Waals surface area (Å²) in [7, 11) is 1.77. The lowest BCUT2D eigenvalue weighted by molar-refractivity contribution is -0.123. The molecule has 4 N–H and O–H groups in total. The highest BCUT2D eigenvalue weighted by Gasteiger charge is 2.23. The van der Waals surface area contributed by atoms with Gasteiger partial charge in [-0.1, -0.05) is 29.8 Å². The number of nitrogens with zero attached hydrogens (tertiary/aromatic N) is 2. The minimum Gasteiger partial charge on any atom is -0.369 e. The summed E-state index contributed by atoms with van der Waals surface area (Å²) >= 11 is 6.17. The molecule has 1 fully saturated rings. The third-order valence-electron chi connectivity index (χ3n) is 4.72. The summed E-state index contributed by atoms with van der Waals surface area (Å²) < 4.78 is 0. The number of amides is 1. The number of nitrogens with one attached hydrogen (secondary N) is 2. The number of likely N-dealkylation sites (tertiary alicyclic amines) is 1. The summed E-state index contributed by atoms with van der Waals surface area (Å²) in [4.78, 5) is 17.9. The first-order chi connectivity index (χ1) is 12.6. The van der Waals surface area contributed by atoms with Crippen molar-refractivity contribution < 1.29 is 4.79 Å². The zero-order valence-electron chi connectivity index (χ0n) is 15.9. The summed E-state index contributed by atoms with van der Waals surface area (Å²) in [6, 6.07) is 7.89. The van der Waals surface area contributed by atoms with Crippen LogP contribution in [0.1, 0.15) is 24.8 Å². The Hall–Kier alpha value is -1.06. The molecule has 0 saturated carbocycles. The van der Waals surface area contributed by atoms with Crippen LogP contribution in [0.2, 0.25) is 5.02 Å². The monoisotopic (exact) mass is 507 g/mol. The highest BCUT2D eigenvalue weighted by atomic mass is 127. The van der Waals surface area contributed by atoms with E-state index in [1.54, 1.807) is 7.05 Å². The van der Waals surface area contributed by atoms with Gasteiger partial charge in [0.25, 0.3) is 0 Å². The molecule has 1 heterocycles. The average molecular weight is 508 g/mol. The Labute approximate surface area is 184 Å². The van der Waals surface area contributed by atoms with Crippen LogP contribution in [0, 0.1) is 5.92 Å². The van der Waals surface area contributed by atoms with E-state index in [9.17, 15) is 4.79 Å². The van der Waals surface area contributed by atoms with Crippen molar-refractivity contribution in [3.05, 3.63) is 34.9 Å². The Morgan fingerprint density at radius 2 is 2.07 bits per heavy atom. The second kappa shape index (κ2) is 13.2. The zero-order chi connectivity index (χ0) is 18.8. The van der Waals surface area contributed by atoms with Gasteiger partial charge < -0.3 is 21.3 Å². The molecule has 1 aliphatic rings. The van der Waals surface area contributed by atoms with E-state index in [4.69, 9.17) is 17.3 Å². The van der Waals surface area contributed by atoms with Gasteiger partial charge in [-0.15, -0.1) is 24.0 Å². The van der Waals surface area contributed by atoms with Gasteiger partial charge in [0.05, 0.1) is 5.92 Å². The number of hydrogen-bond acceptors (Lipinski definition) is 3. The Balaban J connectivity index is 0.00000364. The summed E-state index contributed by atoms with van der Waals surface area (Å²) in [5.41, 5.74) is 6.56. The number of rotatable bonds is 8. The van der Waals surface area contributed by atoms with Crippen molar-refractivity contribution in [2.24, 2.45) is 16.6 Å². The van der Waals surface area contributed by atoms with Crippen LogP contribution in [0.5, 0.6) is 0 Å². The fourth-order valence-corrected chi connectivity index (χ4v) is 3.47. The molecular formula is C19H31ClIN5O. The minimum absolute atomic E-state index is 0. The lowest BCUT2D eigenvalue weighted by Gasteiger charge is -2.31. The first-order valence-corrected chi connectivity index (χ1v) is 9.67. The maximum atomic E-state index is 11.3. The zero-order valence-corrected chi connectivity index (χ0v) is 19.0. The minimum atomic E-state index is -0.170. The van der Waals surface area contributed by atoms with E-state index in [-0.39, 0.29) is 35.8 Å². The summed E-state index contributed by atoms with van der Waals surface area (Å²) in [5, 5.41) is 7.44. The van der Waals surface area contributed by atoms with Crippen molar-refractivity contribution in [1.82, 2.24) is 15.5 Å². The molecule has 1 saturated heterocycles. The number of benzene rings is 1. The molecule has 1 unspecified atom stereocenters. The predicted molar refractivity (Wildman–Crippen MR) is 123 cm³/mol. The number of halogens is 2. The summed E-state index contributed by atoms with van der Waals surface area (Å²) in [5.74, 6) is 0.637. The standard InChI is InChI=1S/C19H30ClN5O.HI/c1-22-19(24-11-9-15-6-2-3-8-17(15)20)23-10-5-13-25-12-4-7-16(14-25)18(21)26;/h2-3,6,8,16H,4-5,7,9-14H2,1H3,(H2,21,26)(H2,22,23,24);1H. The van der Waals surface area contributed by atoms with Crippen LogP contribution < -0.4 is 16.4 Å². The van der Waals surface area contributed by atoms with Crippen LogP contribution in [0.15, 0.2) is 29.3 Å². The van der Waals surface area contributed by atoms with Crippen LogP contribution >= 0.6 is 35.6 Å². The lowest BCUT2D eigenvalue weighted by atomic mass is 9.97. The average Bonchev–Trinajstić information content (AvgIpc) is 2.65. The number of carbonyl (C=O) groups is 1. The van der Waals surface area contributed by atoms with E-state index < -0.39 is 0 Å². The predicted octanol–water partition coefficient (Wildman–Crippen LogP) is 2.25. The topological polar surface area (TPSA) is 82.8 Å². The largest absolute Gasteiger partial charge is 0.369 e. The van der Waals surface area contributed by atoms with E-state index in [2.05, 4.69) is 20.5 Å². The molecule has 0 bridgehead atoms. The van der Waals surface area contributed by atoms with Crippen molar-refractivity contribution in [1.29, 1.82) is 0 Å². The Bertz CT molecular complexity index is 614. The van der Waals surface area contributed by atoms with Crippen molar-refractivity contribution in [3.8, 4) is 0 Å². The fraction of sp³-hybridized carbons (Fsp3) is 0.579. The molecule has 27 heavy (non-hydrogen) atoms. The number of hydrogen-bond donors (Lipinski definition) is 3. The molecular weight excluding hydrogens is 477 g/mol. The van der Waals surface area contributed by atoms with E-state index in [1.165, 1.54) is 0 Å².